The Labute approximate surface area is 82.3 Å². The SMILES string of the molecule is CCCc1nc2n(n1)CC(F)CC2N. The Morgan fingerprint density at radius 3 is 3.14 bits per heavy atom. The topological polar surface area (TPSA) is 56.7 Å². The number of halogens is 1. The quantitative estimate of drug-likeness (QED) is 0.770. The number of aryl methyl sites for hydroxylation is 1. The minimum atomic E-state index is -0.881. The molecule has 1 aliphatic rings. The van der Waals surface area contributed by atoms with Gasteiger partial charge in [-0.15, -0.1) is 0 Å². The third-order valence-corrected chi connectivity index (χ3v) is 2.43. The summed E-state index contributed by atoms with van der Waals surface area (Å²) in [4.78, 5) is 4.32. The van der Waals surface area contributed by atoms with Crippen LogP contribution in [0.4, 0.5) is 4.39 Å². The van der Waals surface area contributed by atoms with E-state index in [1.807, 2.05) is 0 Å². The van der Waals surface area contributed by atoms with Crippen LogP contribution in [0.1, 0.15) is 37.5 Å². The second kappa shape index (κ2) is 3.65. The molecule has 0 amide bonds. The third-order valence-electron chi connectivity index (χ3n) is 2.43. The lowest BCUT2D eigenvalue weighted by atomic mass is 10.1. The van der Waals surface area contributed by atoms with Gasteiger partial charge in [0.05, 0.1) is 12.6 Å². The lowest BCUT2D eigenvalue weighted by Gasteiger charge is -2.21. The molecule has 14 heavy (non-hydrogen) atoms. The van der Waals surface area contributed by atoms with E-state index in [0.29, 0.717) is 13.0 Å². The van der Waals surface area contributed by atoms with E-state index in [0.717, 1.165) is 24.5 Å². The van der Waals surface area contributed by atoms with E-state index in [2.05, 4.69) is 17.0 Å². The summed E-state index contributed by atoms with van der Waals surface area (Å²) in [6, 6.07) is -0.295. The molecule has 2 unspecified atom stereocenters. The number of fused-ring (bicyclic) bond motifs is 1. The van der Waals surface area contributed by atoms with E-state index >= 15 is 0 Å². The van der Waals surface area contributed by atoms with Crippen molar-refractivity contribution in [3.05, 3.63) is 11.6 Å². The Balaban J connectivity index is 2.26. The summed E-state index contributed by atoms with van der Waals surface area (Å²) < 4.78 is 14.8. The lowest BCUT2D eigenvalue weighted by molar-refractivity contribution is 0.219. The highest BCUT2D eigenvalue weighted by atomic mass is 19.1. The summed E-state index contributed by atoms with van der Waals surface area (Å²) in [5.74, 6) is 1.52. The number of aromatic nitrogens is 3. The standard InChI is InChI=1S/C9H15FN4/c1-2-3-8-12-9-7(11)4-6(10)5-14(9)13-8/h6-7H,2-5,11H2,1H3. The fourth-order valence-electron chi connectivity index (χ4n) is 1.78. The highest BCUT2D eigenvalue weighted by Gasteiger charge is 2.27. The average Bonchev–Trinajstić information content (AvgIpc) is 2.48. The van der Waals surface area contributed by atoms with Gasteiger partial charge in [0, 0.05) is 12.8 Å². The molecule has 0 aromatic carbocycles. The van der Waals surface area contributed by atoms with Gasteiger partial charge >= 0.3 is 0 Å². The fourth-order valence-corrected chi connectivity index (χ4v) is 1.78. The Hall–Kier alpha value is -0.970. The van der Waals surface area contributed by atoms with Crippen LogP contribution in [0.25, 0.3) is 0 Å². The highest BCUT2D eigenvalue weighted by molar-refractivity contribution is 5.02. The molecule has 0 radical (unpaired) electrons. The molecule has 1 aliphatic heterocycles. The normalized spacial score (nSPS) is 26.2. The number of rotatable bonds is 2. The Morgan fingerprint density at radius 2 is 2.43 bits per heavy atom. The van der Waals surface area contributed by atoms with Gasteiger partial charge in [0.15, 0.2) is 5.82 Å². The molecule has 0 bridgehead atoms. The van der Waals surface area contributed by atoms with Gasteiger partial charge in [0.2, 0.25) is 0 Å². The summed E-state index contributed by atoms with van der Waals surface area (Å²) in [5, 5.41) is 4.23. The number of hydrogen-bond acceptors (Lipinski definition) is 3. The van der Waals surface area contributed by atoms with Crippen LogP contribution in [0, 0.1) is 0 Å². The molecule has 0 spiro atoms. The molecule has 1 aromatic rings. The molecule has 0 fully saturated rings. The monoisotopic (exact) mass is 198 g/mol. The number of nitrogens with two attached hydrogens (primary N) is 1. The Morgan fingerprint density at radius 1 is 1.64 bits per heavy atom. The van der Waals surface area contributed by atoms with Gasteiger partial charge < -0.3 is 5.73 Å². The minimum absolute atomic E-state index is 0.295. The molecular weight excluding hydrogens is 183 g/mol. The number of hydrogen-bond donors (Lipinski definition) is 1. The van der Waals surface area contributed by atoms with E-state index in [9.17, 15) is 4.39 Å². The second-order valence-corrected chi connectivity index (χ2v) is 3.76. The van der Waals surface area contributed by atoms with E-state index in [1.54, 1.807) is 4.68 Å². The van der Waals surface area contributed by atoms with Crippen molar-refractivity contribution in [2.24, 2.45) is 5.73 Å². The van der Waals surface area contributed by atoms with Gasteiger partial charge in [-0.25, -0.2) is 14.1 Å². The van der Waals surface area contributed by atoms with E-state index < -0.39 is 6.17 Å². The third kappa shape index (κ3) is 1.64. The van der Waals surface area contributed by atoms with Crippen molar-refractivity contribution >= 4 is 0 Å². The van der Waals surface area contributed by atoms with Crippen LogP contribution >= 0.6 is 0 Å². The molecule has 4 nitrogen and oxygen atoms in total. The van der Waals surface area contributed by atoms with Crippen molar-refractivity contribution in [1.82, 2.24) is 14.8 Å². The molecule has 2 heterocycles. The van der Waals surface area contributed by atoms with Crippen molar-refractivity contribution in [3.63, 3.8) is 0 Å². The van der Waals surface area contributed by atoms with Gasteiger partial charge in [0.25, 0.3) is 0 Å². The molecule has 1 aromatic heterocycles. The van der Waals surface area contributed by atoms with Gasteiger partial charge in [-0.1, -0.05) is 6.92 Å². The van der Waals surface area contributed by atoms with Crippen molar-refractivity contribution in [2.75, 3.05) is 0 Å². The van der Waals surface area contributed by atoms with Crippen LogP contribution in [0.15, 0.2) is 0 Å². The molecule has 0 saturated heterocycles. The van der Waals surface area contributed by atoms with Crippen molar-refractivity contribution < 1.29 is 4.39 Å². The molecular formula is C9H15FN4. The van der Waals surface area contributed by atoms with E-state index in [-0.39, 0.29) is 6.04 Å². The predicted octanol–water partition coefficient (Wildman–Crippen LogP) is 0.972. The first-order valence-electron chi connectivity index (χ1n) is 5.04. The van der Waals surface area contributed by atoms with Crippen LogP contribution in [-0.2, 0) is 13.0 Å². The van der Waals surface area contributed by atoms with Crippen molar-refractivity contribution in [3.8, 4) is 0 Å². The number of nitrogens with zero attached hydrogens (tertiary/aromatic N) is 3. The van der Waals surface area contributed by atoms with Gasteiger partial charge in [-0.2, -0.15) is 5.10 Å². The zero-order valence-corrected chi connectivity index (χ0v) is 8.28. The molecule has 0 saturated carbocycles. The predicted molar refractivity (Wildman–Crippen MR) is 50.5 cm³/mol. The van der Waals surface area contributed by atoms with Crippen molar-refractivity contribution in [2.45, 2.75) is 44.9 Å². The first kappa shape index (κ1) is 9.58. The summed E-state index contributed by atoms with van der Waals surface area (Å²) in [6.07, 6.45) is 1.32. The summed E-state index contributed by atoms with van der Waals surface area (Å²) in [5.41, 5.74) is 5.78. The molecule has 2 atom stereocenters. The number of alkyl halides is 1. The maximum atomic E-state index is 13.1. The van der Waals surface area contributed by atoms with E-state index in [1.165, 1.54) is 0 Å². The summed E-state index contributed by atoms with van der Waals surface area (Å²) in [6.45, 7) is 2.37. The zero-order valence-electron chi connectivity index (χ0n) is 8.28. The van der Waals surface area contributed by atoms with Gasteiger partial charge in [0.1, 0.15) is 12.0 Å². The maximum absolute atomic E-state index is 13.1. The van der Waals surface area contributed by atoms with Crippen LogP contribution in [-0.4, -0.2) is 20.9 Å². The van der Waals surface area contributed by atoms with E-state index in [4.69, 9.17) is 5.73 Å². The molecule has 5 heteroatoms. The fraction of sp³-hybridized carbons (Fsp3) is 0.778. The average molecular weight is 198 g/mol. The van der Waals surface area contributed by atoms with Crippen LogP contribution in [0.2, 0.25) is 0 Å². The summed E-state index contributed by atoms with van der Waals surface area (Å²) >= 11 is 0. The second-order valence-electron chi connectivity index (χ2n) is 3.76. The zero-order chi connectivity index (χ0) is 10.1. The first-order chi connectivity index (χ1) is 6.70. The lowest BCUT2D eigenvalue weighted by Crippen LogP contribution is -2.30. The van der Waals surface area contributed by atoms with Gasteiger partial charge in [-0.05, 0) is 6.42 Å². The Bertz CT molecular complexity index is 323. The smallest absolute Gasteiger partial charge is 0.151 e. The van der Waals surface area contributed by atoms with Crippen LogP contribution < -0.4 is 5.73 Å². The first-order valence-corrected chi connectivity index (χ1v) is 5.04. The highest BCUT2D eigenvalue weighted by Crippen LogP contribution is 2.23. The summed E-state index contributed by atoms with van der Waals surface area (Å²) in [7, 11) is 0. The van der Waals surface area contributed by atoms with Crippen molar-refractivity contribution in [1.29, 1.82) is 0 Å². The Kier molecular flexibility index (Phi) is 2.50. The largest absolute Gasteiger partial charge is 0.321 e. The molecule has 0 aliphatic carbocycles. The molecule has 2 rings (SSSR count). The molecule has 2 N–H and O–H groups in total. The molecule has 78 valence electrons. The van der Waals surface area contributed by atoms with Crippen LogP contribution in [0.5, 0.6) is 0 Å². The maximum Gasteiger partial charge on any atom is 0.151 e. The minimum Gasteiger partial charge on any atom is -0.321 e. The van der Waals surface area contributed by atoms with Gasteiger partial charge in [-0.3, -0.25) is 0 Å². The van der Waals surface area contributed by atoms with Crippen LogP contribution in [0.3, 0.4) is 0 Å².